The standard InChI is InChI=1S/C55H34/c1-3-14-44(15-4-1)55(45-16-5-2-6-17-45)50-21-10-9-18-49(50)54-48-20-11-19-46(47(48)28-29-51(54)55)43-33-40-26-24-38-31-42(32-39-25-27-41(34-43)53(40)52(38)39)37-23-22-35-12-7-8-13-36(35)30-37/h1-34H. The summed E-state index contributed by atoms with van der Waals surface area (Å²) in [5, 5.41) is 12.9. The van der Waals surface area contributed by atoms with Crippen molar-refractivity contribution in [1.29, 1.82) is 0 Å². The second kappa shape index (κ2) is 11.5. The Balaban J connectivity index is 1.05. The molecule has 0 spiro atoms. The van der Waals surface area contributed by atoms with Gasteiger partial charge in [-0.05, 0) is 140 Å². The van der Waals surface area contributed by atoms with Crippen LogP contribution in [0.5, 0.6) is 0 Å². The number of benzene rings is 11. The first-order valence-corrected chi connectivity index (χ1v) is 19.2. The Bertz CT molecular complexity index is 3190. The summed E-state index contributed by atoms with van der Waals surface area (Å²) in [6.45, 7) is 0. The molecule has 0 N–H and O–H groups in total. The fraction of sp³-hybridized carbons (Fsp3) is 0.0182. The highest BCUT2D eigenvalue weighted by molar-refractivity contribution is 6.25. The lowest BCUT2D eigenvalue weighted by Crippen LogP contribution is -2.28. The van der Waals surface area contributed by atoms with E-state index < -0.39 is 5.41 Å². The molecule has 0 aliphatic heterocycles. The van der Waals surface area contributed by atoms with Crippen molar-refractivity contribution in [2.75, 3.05) is 0 Å². The van der Waals surface area contributed by atoms with Gasteiger partial charge >= 0.3 is 0 Å². The molecule has 0 nitrogen and oxygen atoms in total. The van der Waals surface area contributed by atoms with Crippen molar-refractivity contribution in [3.63, 3.8) is 0 Å². The highest BCUT2D eigenvalue weighted by atomic mass is 14.5. The Morgan fingerprint density at radius 1 is 0.273 bits per heavy atom. The van der Waals surface area contributed by atoms with E-state index in [4.69, 9.17) is 0 Å². The monoisotopic (exact) mass is 694 g/mol. The van der Waals surface area contributed by atoms with Crippen LogP contribution >= 0.6 is 0 Å². The average molecular weight is 695 g/mol. The normalized spacial score (nSPS) is 13.2. The maximum Gasteiger partial charge on any atom is 0.0713 e. The van der Waals surface area contributed by atoms with Gasteiger partial charge in [0.25, 0.3) is 0 Å². The molecular weight excluding hydrogens is 661 g/mol. The molecule has 0 radical (unpaired) electrons. The first-order chi connectivity index (χ1) is 27.3. The minimum atomic E-state index is -0.413. The molecule has 0 amide bonds. The number of rotatable bonds is 4. The molecule has 1 aliphatic carbocycles. The van der Waals surface area contributed by atoms with E-state index in [1.165, 1.54) is 109 Å². The number of hydrogen-bond acceptors (Lipinski definition) is 0. The quantitative estimate of drug-likeness (QED) is 0.161. The molecule has 0 aromatic heterocycles. The van der Waals surface area contributed by atoms with E-state index in [2.05, 4.69) is 206 Å². The molecule has 254 valence electrons. The Morgan fingerprint density at radius 2 is 0.800 bits per heavy atom. The molecule has 55 heavy (non-hydrogen) atoms. The van der Waals surface area contributed by atoms with Gasteiger partial charge in [-0.25, -0.2) is 0 Å². The fourth-order valence-electron chi connectivity index (χ4n) is 10.1. The van der Waals surface area contributed by atoms with E-state index in [0.29, 0.717) is 0 Å². The molecule has 0 saturated heterocycles. The van der Waals surface area contributed by atoms with Gasteiger partial charge in [0.1, 0.15) is 0 Å². The van der Waals surface area contributed by atoms with Gasteiger partial charge in [0.15, 0.2) is 0 Å². The van der Waals surface area contributed by atoms with Crippen LogP contribution in [0.4, 0.5) is 0 Å². The lowest BCUT2D eigenvalue weighted by atomic mass is 9.67. The van der Waals surface area contributed by atoms with Gasteiger partial charge in [0.2, 0.25) is 0 Å². The van der Waals surface area contributed by atoms with Crippen LogP contribution in [-0.2, 0) is 5.41 Å². The first kappa shape index (κ1) is 30.4. The zero-order chi connectivity index (χ0) is 36.1. The van der Waals surface area contributed by atoms with Crippen molar-refractivity contribution in [2.24, 2.45) is 0 Å². The third-order valence-corrected chi connectivity index (χ3v) is 12.4. The fourth-order valence-corrected chi connectivity index (χ4v) is 10.1. The molecule has 11 aromatic carbocycles. The molecule has 1 aliphatic rings. The molecule has 0 saturated carbocycles. The Labute approximate surface area is 319 Å². The summed E-state index contributed by atoms with van der Waals surface area (Å²) in [5.74, 6) is 0. The maximum atomic E-state index is 2.42. The third-order valence-electron chi connectivity index (χ3n) is 12.4. The lowest BCUT2D eigenvalue weighted by molar-refractivity contribution is 0.769. The Morgan fingerprint density at radius 3 is 1.47 bits per heavy atom. The summed E-state index contributed by atoms with van der Waals surface area (Å²) in [6.07, 6.45) is 0. The van der Waals surface area contributed by atoms with Crippen LogP contribution in [0.1, 0.15) is 22.3 Å². The van der Waals surface area contributed by atoms with Crippen molar-refractivity contribution >= 4 is 53.9 Å². The van der Waals surface area contributed by atoms with E-state index in [-0.39, 0.29) is 0 Å². The minimum absolute atomic E-state index is 0.413. The van der Waals surface area contributed by atoms with Crippen LogP contribution in [0.25, 0.3) is 87.2 Å². The van der Waals surface area contributed by atoms with Crippen LogP contribution in [0.2, 0.25) is 0 Å². The third kappa shape index (κ3) is 4.28. The molecule has 0 heterocycles. The van der Waals surface area contributed by atoms with E-state index in [0.717, 1.165) is 0 Å². The van der Waals surface area contributed by atoms with Gasteiger partial charge in [0.05, 0.1) is 5.41 Å². The van der Waals surface area contributed by atoms with Gasteiger partial charge in [-0.3, -0.25) is 0 Å². The average Bonchev–Trinajstić information content (AvgIpc) is 3.57. The zero-order valence-corrected chi connectivity index (χ0v) is 30.1. The Hall–Kier alpha value is -7.02. The number of hydrogen-bond donors (Lipinski definition) is 0. The van der Waals surface area contributed by atoms with Crippen molar-refractivity contribution in [3.05, 3.63) is 229 Å². The zero-order valence-electron chi connectivity index (χ0n) is 30.1. The van der Waals surface area contributed by atoms with Gasteiger partial charge < -0.3 is 0 Å². The molecule has 11 aromatic rings. The first-order valence-electron chi connectivity index (χ1n) is 19.2. The minimum Gasteiger partial charge on any atom is -0.0622 e. The van der Waals surface area contributed by atoms with E-state index in [1.807, 2.05) is 0 Å². The summed E-state index contributed by atoms with van der Waals surface area (Å²) in [4.78, 5) is 0. The topological polar surface area (TPSA) is 0 Å². The summed E-state index contributed by atoms with van der Waals surface area (Å²) in [6, 6.07) is 77.1. The second-order valence-corrected chi connectivity index (χ2v) is 15.2. The van der Waals surface area contributed by atoms with E-state index >= 15 is 0 Å². The van der Waals surface area contributed by atoms with Crippen LogP contribution in [0.15, 0.2) is 206 Å². The second-order valence-electron chi connectivity index (χ2n) is 15.2. The predicted octanol–water partition coefficient (Wildman–Crippen LogP) is 14.6. The highest BCUT2D eigenvalue weighted by Gasteiger charge is 2.46. The van der Waals surface area contributed by atoms with Crippen molar-refractivity contribution in [3.8, 4) is 33.4 Å². The predicted molar refractivity (Wildman–Crippen MR) is 233 cm³/mol. The molecule has 0 bridgehead atoms. The largest absolute Gasteiger partial charge is 0.0713 e. The van der Waals surface area contributed by atoms with Crippen LogP contribution in [0.3, 0.4) is 0 Å². The SMILES string of the molecule is c1ccc(C2(c3ccccc3)c3ccccc3-c3c2ccc2c(-c4cc5ccc6cc(-c7ccc8ccccc8c7)cc7ccc(c4)c5c67)cccc32)cc1. The Kier molecular flexibility index (Phi) is 6.36. The molecular formula is C55H34. The van der Waals surface area contributed by atoms with Crippen molar-refractivity contribution in [1.82, 2.24) is 0 Å². The summed E-state index contributed by atoms with van der Waals surface area (Å²) in [7, 11) is 0. The molecule has 0 fully saturated rings. The van der Waals surface area contributed by atoms with Gasteiger partial charge in [-0.2, -0.15) is 0 Å². The van der Waals surface area contributed by atoms with Gasteiger partial charge in [-0.1, -0.05) is 176 Å². The molecule has 0 unspecified atom stereocenters. The number of fused-ring (bicyclic) bond motifs is 6. The van der Waals surface area contributed by atoms with Crippen molar-refractivity contribution in [2.45, 2.75) is 5.41 Å². The van der Waals surface area contributed by atoms with E-state index in [9.17, 15) is 0 Å². The molecule has 0 atom stereocenters. The highest BCUT2D eigenvalue weighted by Crippen LogP contribution is 2.58. The van der Waals surface area contributed by atoms with Crippen molar-refractivity contribution < 1.29 is 0 Å². The van der Waals surface area contributed by atoms with Crippen LogP contribution in [0, 0.1) is 0 Å². The lowest BCUT2D eigenvalue weighted by Gasteiger charge is -2.34. The van der Waals surface area contributed by atoms with E-state index in [1.54, 1.807) is 0 Å². The summed E-state index contributed by atoms with van der Waals surface area (Å²) >= 11 is 0. The smallest absolute Gasteiger partial charge is 0.0622 e. The maximum absolute atomic E-state index is 2.42. The summed E-state index contributed by atoms with van der Waals surface area (Å²) in [5.41, 5.74) is 12.5. The molecule has 12 rings (SSSR count). The summed E-state index contributed by atoms with van der Waals surface area (Å²) < 4.78 is 0. The van der Waals surface area contributed by atoms with Crippen LogP contribution in [-0.4, -0.2) is 0 Å². The molecule has 0 heteroatoms. The van der Waals surface area contributed by atoms with Crippen LogP contribution < -0.4 is 0 Å². The van der Waals surface area contributed by atoms with Gasteiger partial charge in [-0.15, -0.1) is 0 Å². The van der Waals surface area contributed by atoms with Gasteiger partial charge in [0, 0.05) is 0 Å².